The van der Waals surface area contributed by atoms with Gasteiger partial charge in [0.1, 0.15) is 18.6 Å². The number of ether oxygens (including phenoxy) is 2. The summed E-state index contributed by atoms with van der Waals surface area (Å²) >= 11 is 1.02. The van der Waals surface area contributed by atoms with Gasteiger partial charge in [-0.3, -0.25) is 9.21 Å². The molecule has 47 heavy (non-hydrogen) atoms. The second-order valence-electron chi connectivity index (χ2n) is 13.7. The van der Waals surface area contributed by atoms with Gasteiger partial charge < -0.3 is 25.4 Å². The molecule has 9 rings (SSSR count). The van der Waals surface area contributed by atoms with Crippen molar-refractivity contribution in [2.45, 2.75) is 60.8 Å². The first-order valence-corrected chi connectivity index (χ1v) is 18.5. The minimum absolute atomic E-state index is 0.0208. The lowest BCUT2D eigenvalue weighted by Gasteiger charge is -2.39. The number of hydrogen-bond acceptors (Lipinski definition) is 12. The van der Waals surface area contributed by atoms with E-state index in [1.165, 1.54) is 10.4 Å². The van der Waals surface area contributed by atoms with Crippen LogP contribution < -0.4 is 20.7 Å². The monoisotopic (exact) mass is 686 g/mol. The second kappa shape index (κ2) is 10.9. The van der Waals surface area contributed by atoms with Gasteiger partial charge in [-0.25, -0.2) is 22.2 Å². The molecule has 16 heteroatoms. The summed E-state index contributed by atoms with van der Waals surface area (Å²) in [7, 11) is -4.23. The Bertz CT molecular complexity index is 1890. The quantitative estimate of drug-likeness (QED) is 0.380. The maximum Gasteiger partial charge on any atom is 0.319 e. The number of rotatable bonds is 7. The van der Waals surface area contributed by atoms with E-state index in [9.17, 15) is 17.2 Å². The highest BCUT2D eigenvalue weighted by atomic mass is 32.2. The summed E-state index contributed by atoms with van der Waals surface area (Å²) in [5, 5.41) is 3.79. The number of anilines is 2. The van der Waals surface area contributed by atoms with E-state index in [1.54, 1.807) is 12.1 Å². The number of aromatic nitrogens is 3. The Hall–Kier alpha value is -3.18. The van der Waals surface area contributed by atoms with Crippen molar-refractivity contribution in [1.29, 1.82) is 0 Å². The first kappa shape index (κ1) is 29.9. The lowest BCUT2D eigenvalue weighted by atomic mass is 9.95. The van der Waals surface area contributed by atoms with E-state index < -0.39 is 27.6 Å². The van der Waals surface area contributed by atoms with Crippen molar-refractivity contribution in [3.05, 3.63) is 29.2 Å². The number of halogens is 2. The predicted octanol–water partition coefficient (Wildman–Crippen LogP) is 2.85. The van der Waals surface area contributed by atoms with E-state index in [-0.39, 0.29) is 57.6 Å². The van der Waals surface area contributed by atoms with Crippen LogP contribution in [0.1, 0.15) is 43.4 Å². The van der Waals surface area contributed by atoms with Crippen LogP contribution in [0.15, 0.2) is 17.0 Å². The fraction of sp³-hybridized carbons (Fsp3) is 0.581. The average Bonchev–Trinajstić information content (AvgIpc) is 3.76. The Balaban J connectivity index is 1.20. The maximum atomic E-state index is 14.9. The number of nitrogens with two attached hydrogens (primary N) is 1. The molecular formula is C31H36F2N8O4S2. The highest BCUT2D eigenvalue weighted by molar-refractivity contribution is 7.89. The molecule has 1 aromatic carbocycles. The largest absolute Gasteiger partial charge is 0.461 e. The number of hydrogen-bond donors (Lipinski definition) is 2. The fourth-order valence-electron chi connectivity index (χ4n) is 8.35. The van der Waals surface area contributed by atoms with Crippen molar-refractivity contribution in [2.75, 3.05) is 63.2 Å². The number of piperazine rings is 1. The third-order valence-electron chi connectivity index (χ3n) is 10.6. The van der Waals surface area contributed by atoms with E-state index in [2.05, 4.69) is 15.2 Å². The number of nitrogen functional groups attached to an aromatic ring is 1. The van der Waals surface area contributed by atoms with Gasteiger partial charge in [0.2, 0.25) is 0 Å². The third kappa shape index (κ3) is 4.89. The van der Waals surface area contributed by atoms with Crippen LogP contribution in [0.5, 0.6) is 6.01 Å². The zero-order valence-electron chi connectivity index (χ0n) is 25.7. The van der Waals surface area contributed by atoms with E-state index >= 15 is 0 Å². The minimum Gasteiger partial charge on any atom is -0.461 e. The Kier molecular flexibility index (Phi) is 6.95. The minimum atomic E-state index is -4.23. The second-order valence-corrected chi connectivity index (χ2v) is 16.6. The molecule has 5 fully saturated rings. The molecule has 250 valence electrons. The Labute approximate surface area is 275 Å². The highest BCUT2D eigenvalue weighted by Crippen LogP contribution is 2.45. The van der Waals surface area contributed by atoms with Crippen molar-refractivity contribution in [3.8, 4) is 6.01 Å². The normalized spacial score (nSPS) is 30.0. The van der Waals surface area contributed by atoms with Gasteiger partial charge in [0.05, 0.1) is 40.4 Å². The van der Waals surface area contributed by atoms with Gasteiger partial charge in [-0.05, 0) is 50.4 Å². The summed E-state index contributed by atoms with van der Waals surface area (Å²) in [5.41, 5.74) is 6.84. The van der Waals surface area contributed by atoms with Crippen LogP contribution in [-0.2, 0) is 14.8 Å². The van der Waals surface area contributed by atoms with Gasteiger partial charge in [0.15, 0.2) is 15.8 Å². The first-order valence-electron chi connectivity index (χ1n) is 16.3. The molecule has 3 aromatic rings. The number of nitrogens with one attached hydrogen (secondary N) is 1. The standard InChI is InChI=1S/C31H36F2N8O4S2/c32-18-9-31(6-1-7-40(31)11-18)16-45-30-36-23-8-24(21-4-5-22(33)26-25(21)37-29(34)46-26)41(10-17-14-44-15-17)47(42,43)27(23)28(38-30)39-12-19-2-3-20(13-39)35-19/h4-5,8,17-20,35H,1-3,6-7,9-16H2,(H2,34,37)/t18-,19?,20?,31+/m1/s1. The molecule has 2 aromatic heterocycles. The summed E-state index contributed by atoms with van der Waals surface area (Å²) < 4.78 is 72.6. The lowest BCUT2D eigenvalue weighted by Crippen LogP contribution is -2.52. The smallest absolute Gasteiger partial charge is 0.319 e. The predicted molar refractivity (Wildman–Crippen MR) is 173 cm³/mol. The van der Waals surface area contributed by atoms with Crippen LogP contribution in [0, 0.1) is 11.7 Å². The Morgan fingerprint density at radius 1 is 1.15 bits per heavy atom. The highest BCUT2D eigenvalue weighted by Gasteiger charge is 2.50. The fourth-order valence-corrected chi connectivity index (χ4v) is 10.9. The molecule has 0 aliphatic carbocycles. The molecule has 3 N–H and O–H groups in total. The molecule has 0 spiro atoms. The Morgan fingerprint density at radius 3 is 2.72 bits per heavy atom. The number of sulfonamides is 1. The number of alkyl halides is 1. The molecule has 2 unspecified atom stereocenters. The van der Waals surface area contributed by atoms with Crippen LogP contribution in [-0.4, -0.2) is 109 Å². The van der Waals surface area contributed by atoms with Gasteiger partial charge in [-0.2, -0.15) is 9.97 Å². The van der Waals surface area contributed by atoms with Gasteiger partial charge in [0, 0.05) is 56.2 Å². The van der Waals surface area contributed by atoms with Crippen molar-refractivity contribution < 1.29 is 26.7 Å². The number of benzene rings is 1. The molecule has 2 bridgehead atoms. The van der Waals surface area contributed by atoms with Crippen molar-refractivity contribution >= 4 is 54.3 Å². The summed E-state index contributed by atoms with van der Waals surface area (Å²) in [6.45, 7) is 3.66. The van der Waals surface area contributed by atoms with Crippen molar-refractivity contribution in [2.24, 2.45) is 5.92 Å². The molecule has 6 aliphatic rings. The Morgan fingerprint density at radius 2 is 1.96 bits per heavy atom. The van der Waals surface area contributed by atoms with E-state index in [0.717, 1.165) is 43.6 Å². The molecule has 0 saturated carbocycles. The maximum absolute atomic E-state index is 14.9. The van der Waals surface area contributed by atoms with Gasteiger partial charge >= 0.3 is 6.01 Å². The summed E-state index contributed by atoms with van der Waals surface area (Å²) in [6.07, 6.45) is 5.00. The van der Waals surface area contributed by atoms with Crippen molar-refractivity contribution in [3.63, 3.8) is 0 Å². The summed E-state index contributed by atoms with van der Waals surface area (Å²) in [6, 6.07) is 3.35. The summed E-state index contributed by atoms with van der Waals surface area (Å²) in [5.74, 6) is -0.188. The summed E-state index contributed by atoms with van der Waals surface area (Å²) in [4.78, 5) is 18.2. The molecule has 4 atom stereocenters. The SMILES string of the molecule is Nc1nc2c(C3=Cc4nc(OC[C@@]56CCCN5C[C@H](F)C6)nc(N5CC6CCC(C5)N6)c4S(=O)(=O)N3CC3COC3)ccc(F)c2s1. The van der Waals surface area contributed by atoms with Crippen molar-refractivity contribution in [1.82, 2.24) is 29.5 Å². The first-order chi connectivity index (χ1) is 22.7. The lowest BCUT2D eigenvalue weighted by molar-refractivity contribution is -0.0348. The molecule has 12 nitrogen and oxygen atoms in total. The molecule has 0 radical (unpaired) electrons. The number of thiazole rings is 1. The molecule has 5 saturated heterocycles. The van der Waals surface area contributed by atoms with Crippen LogP contribution in [0.3, 0.4) is 0 Å². The van der Waals surface area contributed by atoms with Crippen LogP contribution in [0.25, 0.3) is 22.0 Å². The van der Waals surface area contributed by atoms with Gasteiger partial charge in [-0.1, -0.05) is 11.3 Å². The van der Waals surface area contributed by atoms with Crippen LogP contribution in [0.4, 0.5) is 19.7 Å². The number of nitrogens with zero attached hydrogens (tertiary/aromatic N) is 6. The molecular weight excluding hydrogens is 651 g/mol. The van der Waals surface area contributed by atoms with Gasteiger partial charge in [0.25, 0.3) is 10.0 Å². The average molecular weight is 687 g/mol. The zero-order chi connectivity index (χ0) is 32.1. The van der Waals surface area contributed by atoms with E-state index in [1.807, 2.05) is 4.90 Å². The molecule has 8 heterocycles. The topological polar surface area (TPSA) is 139 Å². The third-order valence-corrected chi connectivity index (χ3v) is 13.3. The number of fused-ring (bicyclic) bond motifs is 5. The van der Waals surface area contributed by atoms with Crippen LogP contribution >= 0.6 is 11.3 Å². The van der Waals surface area contributed by atoms with Crippen LogP contribution in [0.2, 0.25) is 0 Å². The molecule has 6 aliphatic heterocycles. The molecule has 0 amide bonds. The van der Waals surface area contributed by atoms with E-state index in [4.69, 9.17) is 25.2 Å². The zero-order valence-corrected chi connectivity index (χ0v) is 27.3. The van der Waals surface area contributed by atoms with Gasteiger partial charge in [-0.15, -0.1) is 0 Å². The van der Waals surface area contributed by atoms with E-state index in [0.29, 0.717) is 61.9 Å².